The molecule has 0 atom stereocenters. The van der Waals surface area contributed by atoms with Gasteiger partial charge in [0.25, 0.3) is 0 Å². The second-order valence-corrected chi connectivity index (χ2v) is 6.86. The standard InChI is InChI=1S/C22H24FN5/c1-2-27-11-13-28(14-12-27)21-16-20(24-19-10-6-9-18(23)15-19)25-22(26-21)17-7-4-3-5-8-17/h3-10,15-16H,2,11-14H2,1H3,(H,24,25,26). The van der Waals surface area contributed by atoms with E-state index in [9.17, 15) is 4.39 Å². The zero-order valence-corrected chi connectivity index (χ0v) is 16.0. The molecule has 0 radical (unpaired) electrons. The Kier molecular flexibility index (Phi) is 5.48. The van der Waals surface area contributed by atoms with Crippen LogP contribution in [0.15, 0.2) is 60.7 Å². The number of nitrogens with zero attached hydrogens (tertiary/aromatic N) is 4. The first kappa shape index (κ1) is 18.4. The molecule has 0 bridgehead atoms. The van der Waals surface area contributed by atoms with Gasteiger partial charge in [-0.25, -0.2) is 14.4 Å². The summed E-state index contributed by atoms with van der Waals surface area (Å²) in [5.74, 6) is 1.93. The van der Waals surface area contributed by atoms with E-state index in [1.54, 1.807) is 6.07 Å². The fourth-order valence-electron chi connectivity index (χ4n) is 3.38. The van der Waals surface area contributed by atoms with E-state index in [2.05, 4.69) is 27.0 Å². The first-order valence-corrected chi connectivity index (χ1v) is 9.65. The molecular formula is C22H24FN5. The van der Waals surface area contributed by atoms with Crippen molar-refractivity contribution in [3.63, 3.8) is 0 Å². The van der Waals surface area contributed by atoms with E-state index in [0.717, 1.165) is 44.1 Å². The summed E-state index contributed by atoms with van der Waals surface area (Å²) < 4.78 is 13.6. The average molecular weight is 377 g/mol. The van der Waals surface area contributed by atoms with Crippen LogP contribution in [0.2, 0.25) is 0 Å². The number of piperazine rings is 1. The van der Waals surface area contributed by atoms with Crippen LogP contribution < -0.4 is 10.2 Å². The summed E-state index contributed by atoms with van der Waals surface area (Å²) in [6, 6.07) is 18.3. The number of hydrogen-bond acceptors (Lipinski definition) is 5. The van der Waals surface area contributed by atoms with Gasteiger partial charge in [-0.05, 0) is 24.7 Å². The van der Waals surface area contributed by atoms with Gasteiger partial charge in [0.05, 0.1) is 0 Å². The summed E-state index contributed by atoms with van der Waals surface area (Å²) in [4.78, 5) is 14.2. The van der Waals surface area contributed by atoms with Gasteiger partial charge in [0.1, 0.15) is 17.5 Å². The molecular weight excluding hydrogens is 353 g/mol. The first-order valence-electron chi connectivity index (χ1n) is 9.65. The fraction of sp³-hybridized carbons (Fsp3) is 0.273. The van der Waals surface area contributed by atoms with Crippen LogP contribution in [0, 0.1) is 5.82 Å². The predicted molar refractivity (Wildman–Crippen MR) is 111 cm³/mol. The van der Waals surface area contributed by atoms with Crippen LogP contribution in [0.4, 0.5) is 21.7 Å². The molecule has 144 valence electrons. The molecule has 5 nitrogen and oxygen atoms in total. The number of nitrogens with one attached hydrogen (secondary N) is 1. The molecule has 0 unspecified atom stereocenters. The SMILES string of the molecule is CCN1CCN(c2cc(Nc3cccc(F)c3)nc(-c3ccccc3)n2)CC1. The summed E-state index contributed by atoms with van der Waals surface area (Å²) in [6.45, 7) is 7.16. The fourth-order valence-corrected chi connectivity index (χ4v) is 3.38. The van der Waals surface area contributed by atoms with E-state index in [1.807, 2.05) is 42.5 Å². The van der Waals surface area contributed by atoms with E-state index >= 15 is 0 Å². The molecule has 0 saturated carbocycles. The number of anilines is 3. The summed E-state index contributed by atoms with van der Waals surface area (Å²) in [5.41, 5.74) is 1.62. The minimum absolute atomic E-state index is 0.279. The Hall–Kier alpha value is -2.99. The van der Waals surface area contributed by atoms with Gasteiger partial charge in [0.2, 0.25) is 0 Å². The van der Waals surface area contributed by atoms with E-state index < -0.39 is 0 Å². The maximum Gasteiger partial charge on any atom is 0.163 e. The maximum atomic E-state index is 13.6. The van der Waals surface area contributed by atoms with Gasteiger partial charge >= 0.3 is 0 Å². The summed E-state index contributed by atoms with van der Waals surface area (Å²) in [7, 11) is 0. The molecule has 28 heavy (non-hydrogen) atoms. The smallest absolute Gasteiger partial charge is 0.163 e. The molecule has 1 fully saturated rings. The molecule has 2 aromatic carbocycles. The molecule has 4 rings (SSSR count). The summed E-state index contributed by atoms with van der Waals surface area (Å²) in [5, 5.41) is 3.23. The van der Waals surface area contributed by atoms with Crippen molar-refractivity contribution in [3.05, 3.63) is 66.5 Å². The minimum Gasteiger partial charge on any atom is -0.354 e. The van der Waals surface area contributed by atoms with Gasteiger partial charge in [0, 0.05) is 43.5 Å². The Balaban J connectivity index is 1.67. The number of benzene rings is 2. The van der Waals surface area contributed by atoms with Gasteiger partial charge in [-0.1, -0.05) is 43.3 Å². The Morgan fingerprint density at radius 3 is 2.43 bits per heavy atom. The lowest BCUT2D eigenvalue weighted by Crippen LogP contribution is -2.46. The van der Waals surface area contributed by atoms with Crippen molar-refractivity contribution in [3.8, 4) is 11.4 Å². The zero-order valence-electron chi connectivity index (χ0n) is 16.0. The Labute approximate surface area is 164 Å². The van der Waals surface area contributed by atoms with Crippen molar-refractivity contribution >= 4 is 17.3 Å². The molecule has 1 saturated heterocycles. The van der Waals surface area contributed by atoms with E-state index in [-0.39, 0.29) is 5.82 Å². The van der Waals surface area contributed by atoms with E-state index in [4.69, 9.17) is 4.98 Å². The predicted octanol–water partition coefficient (Wildman–Crippen LogP) is 4.17. The molecule has 0 amide bonds. The van der Waals surface area contributed by atoms with Crippen LogP contribution in [0.1, 0.15) is 6.92 Å². The Morgan fingerprint density at radius 2 is 1.71 bits per heavy atom. The number of likely N-dealkylation sites (N-methyl/N-ethyl adjacent to an activating group) is 1. The monoisotopic (exact) mass is 377 g/mol. The number of rotatable bonds is 5. The highest BCUT2D eigenvalue weighted by Gasteiger charge is 2.19. The molecule has 2 heterocycles. The van der Waals surface area contributed by atoms with Gasteiger partial charge in [-0.15, -0.1) is 0 Å². The molecule has 1 aliphatic rings. The van der Waals surface area contributed by atoms with Crippen LogP contribution in [0.5, 0.6) is 0 Å². The zero-order chi connectivity index (χ0) is 19.3. The Morgan fingerprint density at radius 1 is 0.929 bits per heavy atom. The lowest BCUT2D eigenvalue weighted by molar-refractivity contribution is 0.270. The third-order valence-corrected chi connectivity index (χ3v) is 4.99. The van der Waals surface area contributed by atoms with Gasteiger partial charge in [-0.2, -0.15) is 0 Å². The van der Waals surface area contributed by atoms with Gasteiger partial charge in [-0.3, -0.25) is 0 Å². The van der Waals surface area contributed by atoms with Crippen LogP contribution in [-0.2, 0) is 0 Å². The largest absolute Gasteiger partial charge is 0.354 e. The van der Waals surface area contributed by atoms with Crippen molar-refractivity contribution < 1.29 is 4.39 Å². The highest BCUT2D eigenvalue weighted by molar-refractivity contribution is 5.65. The average Bonchev–Trinajstić information content (AvgIpc) is 2.74. The quantitative estimate of drug-likeness (QED) is 0.723. The van der Waals surface area contributed by atoms with Crippen molar-refractivity contribution in [2.75, 3.05) is 42.9 Å². The second-order valence-electron chi connectivity index (χ2n) is 6.86. The second kappa shape index (κ2) is 8.35. The molecule has 1 aliphatic heterocycles. The van der Waals surface area contributed by atoms with E-state index in [0.29, 0.717) is 17.3 Å². The maximum absolute atomic E-state index is 13.6. The number of hydrogen-bond donors (Lipinski definition) is 1. The summed E-state index contributed by atoms with van der Waals surface area (Å²) in [6.07, 6.45) is 0. The minimum atomic E-state index is -0.279. The number of halogens is 1. The number of aromatic nitrogens is 2. The Bertz CT molecular complexity index is 923. The topological polar surface area (TPSA) is 44.3 Å². The first-order chi connectivity index (χ1) is 13.7. The molecule has 1 aromatic heterocycles. The van der Waals surface area contributed by atoms with Crippen LogP contribution in [-0.4, -0.2) is 47.6 Å². The summed E-state index contributed by atoms with van der Waals surface area (Å²) >= 11 is 0. The molecule has 1 N–H and O–H groups in total. The van der Waals surface area contributed by atoms with Gasteiger partial charge in [0.15, 0.2) is 5.82 Å². The normalized spacial score (nSPS) is 14.9. The van der Waals surface area contributed by atoms with Crippen LogP contribution >= 0.6 is 0 Å². The third kappa shape index (κ3) is 4.28. The highest BCUT2D eigenvalue weighted by Crippen LogP contribution is 2.25. The third-order valence-electron chi connectivity index (χ3n) is 4.99. The molecule has 3 aromatic rings. The van der Waals surface area contributed by atoms with Crippen molar-refractivity contribution in [1.82, 2.24) is 14.9 Å². The molecule has 0 spiro atoms. The van der Waals surface area contributed by atoms with Crippen molar-refractivity contribution in [2.45, 2.75) is 6.92 Å². The lowest BCUT2D eigenvalue weighted by Gasteiger charge is -2.35. The van der Waals surface area contributed by atoms with Crippen molar-refractivity contribution in [1.29, 1.82) is 0 Å². The highest BCUT2D eigenvalue weighted by atomic mass is 19.1. The van der Waals surface area contributed by atoms with Gasteiger partial charge < -0.3 is 15.1 Å². The van der Waals surface area contributed by atoms with Crippen LogP contribution in [0.3, 0.4) is 0 Å². The van der Waals surface area contributed by atoms with Crippen LogP contribution in [0.25, 0.3) is 11.4 Å². The molecule has 0 aliphatic carbocycles. The molecule has 6 heteroatoms. The van der Waals surface area contributed by atoms with E-state index in [1.165, 1.54) is 12.1 Å². The lowest BCUT2D eigenvalue weighted by atomic mass is 10.2. The van der Waals surface area contributed by atoms with Crippen molar-refractivity contribution in [2.24, 2.45) is 0 Å².